The molecule has 132 valence electrons. The predicted octanol–water partition coefficient (Wildman–Crippen LogP) is 3.92. The summed E-state index contributed by atoms with van der Waals surface area (Å²) in [7, 11) is 0. The van der Waals surface area contributed by atoms with Gasteiger partial charge in [0, 0.05) is 25.3 Å². The Morgan fingerprint density at radius 2 is 1.96 bits per heavy atom. The van der Waals surface area contributed by atoms with Crippen LogP contribution in [-0.4, -0.2) is 19.0 Å². The van der Waals surface area contributed by atoms with E-state index in [1.807, 2.05) is 0 Å². The van der Waals surface area contributed by atoms with E-state index in [0.29, 0.717) is 12.1 Å². The van der Waals surface area contributed by atoms with Crippen molar-refractivity contribution < 1.29 is 9.18 Å². The van der Waals surface area contributed by atoms with Crippen LogP contribution in [0.2, 0.25) is 0 Å². The molecule has 3 rings (SSSR count). The highest BCUT2D eigenvalue weighted by atomic mass is 19.1. The maximum Gasteiger partial charge on any atom is 0.224 e. The molecule has 0 spiro atoms. The first kappa shape index (κ1) is 17.5. The largest absolute Gasteiger partial charge is 0.371 e. The Bertz CT molecular complexity index is 714. The summed E-state index contributed by atoms with van der Waals surface area (Å²) in [6.07, 6.45) is 2.62. The summed E-state index contributed by atoms with van der Waals surface area (Å²) in [6, 6.07) is 14.7. The number of nitrogens with zero attached hydrogens (tertiary/aromatic N) is 1. The van der Waals surface area contributed by atoms with Crippen LogP contribution in [0.15, 0.2) is 48.5 Å². The molecule has 1 aliphatic rings. The quantitative estimate of drug-likeness (QED) is 0.895. The van der Waals surface area contributed by atoms with Crippen LogP contribution < -0.4 is 10.2 Å². The molecule has 0 aromatic heterocycles. The van der Waals surface area contributed by atoms with E-state index in [1.54, 1.807) is 18.2 Å². The molecule has 0 saturated carbocycles. The molecule has 25 heavy (non-hydrogen) atoms. The zero-order chi connectivity index (χ0) is 17.6. The summed E-state index contributed by atoms with van der Waals surface area (Å²) in [5, 5.41) is 2.86. The van der Waals surface area contributed by atoms with E-state index in [0.717, 1.165) is 24.6 Å². The number of hydrogen-bond acceptors (Lipinski definition) is 2. The van der Waals surface area contributed by atoms with E-state index in [-0.39, 0.29) is 18.1 Å². The van der Waals surface area contributed by atoms with Crippen LogP contribution in [0.3, 0.4) is 0 Å². The molecule has 2 aromatic carbocycles. The molecule has 0 bridgehead atoms. The molecule has 0 aliphatic carbocycles. The Kier molecular flexibility index (Phi) is 5.69. The van der Waals surface area contributed by atoms with E-state index >= 15 is 0 Å². The molecule has 0 unspecified atom stereocenters. The second kappa shape index (κ2) is 8.15. The summed E-state index contributed by atoms with van der Waals surface area (Å²) < 4.78 is 13.6. The summed E-state index contributed by atoms with van der Waals surface area (Å²) in [4.78, 5) is 14.4. The minimum atomic E-state index is -0.335. The lowest BCUT2D eigenvalue weighted by molar-refractivity contribution is -0.120. The van der Waals surface area contributed by atoms with Crippen LogP contribution >= 0.6 is 0 Å². The van der Waals surface area contributed by atoms with Gasteiger partial charge in [-0.1, -0.05) is 37.3 Å². The maximum absolute atomic E-state index is 13.6. The first-order chi connectivity index (χ1) is 12.1. The summed E-state index contributed by atoms with van der Waals surface area (Å²) in [5.74, 6) is 0.239. The number of nitrogens with one attached hydrogen (secondary N) is 1. The van der Waals surface area contributed by atoms with Gasteiger partial charge in [-0.2, -0.15) is 0 Å². The third-order valence-electron chi connectivity index (χ3n) is 4.76. The number of rotatable bonds is 5. The molecule has 3 nitrogen and oxygen atoms in total. The molecule has 1 saturated heterocycles. The summed E-state index contributed by atoms with van der Waals surface area (Å²) in [6.45, 7) is 4.98. The van der Waals surface area contributed by atoms with Gasteiger partial charge in [0.25, 0.3) is 0 Å². The van der Waals surface area contributed by atoms with Crippen LogP contribution in [0.25, 0.3) is 0 Å². The van der Waals surface area contributed by atoms with Crippen molar-refractivity contribution in [3.63, 3.8) is 0 Å². The van der Waals surface area contributed by atoms with Gasteiger partial charge >= 0.3 is 0 Å². The van der Waals surface area contributed by atoms with Gasteiger partial charge in [0.2, 0.25) is 5.91 Å². The van der Waals surface area contributed by atoms with Gasteiger partial charge in [0.1, 0.15) is 5.82 Å². The Morgan fingerprint density at radius 3 is 2.68 bits per heavy atom. The number of carbonyl (C=O) groups is 1. The van der Waals surface area contributed by atoms with Crippen LogP contribution in [0.4, 0.5) is 10.1 Å². The van der Waals surface area contributed by atoms with Crippen LogP contribution in [0, 0.1) is 11.7 Å². The molecular weight excluding hydrogens is 315 g/mol. The van der Waals surface area contributed by atoms with Crippen molar-refractivity contribution in [2.75, 3.05) is 18.0 Å². The van der Waals surface area contributed by atoms with Crippen molar-refractivity contribution in [2.24, 2.45) is 5.92 Å². The van der Waals surface area contributed by atoms with Gasteiger partial charge in [0.15, 0.2) is 0 Å². The zero-order valence-electron chi connectivity index (χ0n) is 14.7. The second-order valence-corrected chi connectivity index (χ2v) is 6.90. The lowest BCUT2D eigenvalue weighted by Crippen LogP contribution is -2.34. The Hall–Kier alpha value is -2.36. The van der Waals surface area contributed by atoms with E-state index in [4.69, 9.17) is 0 Å². The molecule has 1 atom stereocenters. The second-order valence-electron chi connectivity index (χ2n) is 6.90. The Morgan fingerprint density at radius 1 is 1.20 bits per heavy atom. The van der Waals surface area contributed by atoms with E-state index in [2.05, 4.69) is 41.4 Å². The molecule has 4 heteroatoms. The van der Waals surface area contributed by atoms with Gasteiger partial charge in [-0.3, -0.25) is 4.79 Å². The third kappa shape index (κ3) is 4.81. The van der Waals surface area contributed by atoms with Gasteiger partial charge in [-0.15, -0.1) is 0 Å². The molecule has 1 fully saturated rings. The van der Waals surface area contributed by atoms with Crippen LogP contribution in [0.1, 0.15) is 30.9 Å². The van der Waals surface area contributed by atoms with Crippen molar-refractivity contribution in [1.82, 2.24) is 5.32 Å². The minimum Gasteiger partial charge on any atom is -0.371 e. The van der Waals surface area contributed by atoms with Gasteiger partial charge in [-0.05, 0) is 48.1 Å². The van der Waals surface area contributed by atoms with E-state index in [9.17, 15) is 9.18 Å². The Labute approximate surface area is 148 Å². The monoisotopic (exact) mass is 340 g/mol. The number of benzene rings is 2. The molecular formula is C21H25FN2O. The fraction of sp³-hybridized carbons (Fsp3) is 0.381. The van der Waals surface area contributed by atoms with Crippen LogP contribution in [0.5, 0.6) is 0 Å². The molecule has 1 amide bonds. The highest BCUT2D eigenvalue weighted by Crippen LogP contribution is 2.23. The summed E-state index contributed by atoms with van der Waals surface area (Å²) in [5.41, 5.74) is 2.72. The number of carbonyl (C=O) groups excluding carboxylic acids is 1. The van der Waals surface area contributed by atoms with Crippen LogP contribution in [-0.2, 0) is 17.8 Å². The topological polar surface area (TPSA) is 32.3 Å². The van der Waals surface area contributed by atoms with Crippen molar-refractivity contribution >= 4 is 11.6 Å². The molecule has 1 aliphatic heterocycles. The van der Waals surface area contributed by atoms with Gasteiger partial charge < -0.3 is 10.2 Å². The fourth-order valence-corrected chi connectivity index (χ4v) is 3.33. The van der Waals surface area contributed by atoms with E-state index in [1.165, 1.54) is 24.6 Å². The average molecular weight is 340 g/mol. The minimum absolute atomic E-state index is 0.0659. The summed E-state index contributed by atoms with van der Waals surface area (Å²) >= 11 is 0. The molecule has 0 radical (unpaired) electrons. The number of amides is 1. The number of anilines is 1. The fourth-order valence-electron chi connectivity index (χ4n) is 3.33. The Balaban J connectivity index is 1.51. The van der Waals surface area contributed by atoms with E-state index < -0.39 is 0 Å². The van der Waals surface area contributed by atoms with Gasteiger partial charge in [0.05, 0.1) is 6.42 Å². The highest BCUT2D eigenvalue weighted by molar-refractivity contribution is 5.78. The first-order valence-corrected chi connectivity index (χ1v) is 8.96. The number of halogens is 1. The number of hydrogen-bond donors (Lipinski definition) is 1. The normalized spacial score (nSPS) is 17.4. The zero-order valence-corrected chi connectivity index (χ0v) is 14.7. The smallest absolute Gasteiger partial charge is 0.224 e. The molecule has 2 aromatic rings. The van der Waals surface area contributed by atoms with Gasteiger partial charge in [-0.25, -0.2) is 4.39 Å². The first-order valence-electron chi connectivity index (χ1n) is 8.96. The molecule has 1 heterocycles. The van der Waals surface area contributed by atoms with Crippen molar-refractivity contribution in [1.29, 1.82) is 0 Å². The highest BCUT2D eigenvalue weighted by Gasteiger charge is 2.16. The predicted molar refractivity (Wildman–Crippen MR) is 99.0 cm³/mol. The maximum atomic E-state index is 13.6. The number of piperidine rings is 1. The van der Waals surface area contributed by atoms with Crippen molar-refractivity contribution in [2.45, 2.75) is 32.7 Å². The third-order valence-corrected chi connectivity index (χ3v) is 4.76. The lowest BCUT2D eigenvalue weighted by atomic mass is 9.99. The van der Waals surface area contributed by atoms with Crippen molar-refractivity contribution in [3.05, 3.63) is 65.5 Å². The SMILES string of the molecule is C[C@H]1CCCN(c2ccc(CNC(=O)Cc3ccccc3F)cc2)C1. The van der Waals surface area contributed by atoms with Crippen molar-refractivity contribution in [3.8, 4) is 0 Å². The molecule has 1 N–H and O–H groups in total. The standard InChI is InChI=1S/C21H25FN2O/c1-16-5-4-12-24(15-16)19-10-8-17(9-11-19)14-23-21(25)13-18-6-2-3-7-20(18)22/h2-3,6-11,16H,4-5,12-15H2,1H3,(H,23,25)/t16-/m0/s1. The average Bonchev–Trinajstić information content (AvgIpc) is 2.62. The lowest BCUT2D eigenvalue weighted by Gasteiger charge is -2.32.